The Balaban J connectivity index is 0.000000101. The van der Waals surface area contributed by atoms with Crippen LogP contribution >= 0.6 is 35.7 Å². The van der Waals surface area contributed by atoms with Gasteiger partial charge in [0.05, 0.1) is 0 Å². The summed E-state index contributed by atoms with van der Waals surface area (Å²) in [5.41, 5.74) is 20.6. The molecular weight excluding hydrogens is 1740 g/mol. The second-order valence-electron chi connectivity index (χ2n) is 37.0. The highest BCUT2D eigenvalue weighted by Crippen LogP contribution is 2.69. The second-order valence-corrected chi connectivity index (χ2v) is 59.1. The molecule has 0 fully saturated rings. The molecule has 1 aliphatic carbocycles. The summed E-state index contributed by atoms with van der Waals surface area (Å²) in [6, 6.07) is 155. The van der Waals surface area contributed by atoms with Crippen LogP contribution in [0.2, 0.25) is 26.2 Å². The fraction of sp³-hybridized carbons (Fsp3) is 0.0579. The first-order valence-corrected chi connectivity index (χ1v) is 60.2. The fourth-order valence-corrected chi connectivity index (χ4v) is 45.9. The molecule has 18 aromatic carbocycles. The Labute approximate surface area is 780 Å². The monoisotopic (exact) mass is 1840 g/mol. The normalized spacial score (nSPS) is 20.5. The van der Waals surface area contributed by atoms with E-state index in [0.29, 0.717) is 0 Å². The summed E-state index contributed by atoms with van der Waals surface area (Å²) >= 11 is 0. The summed E-state index contributed by atoms with van der Waals surface area (Å²) in [6.07, 6.45) is 0. The summed E-state index contributed by atoms with van der Waals surface area (Å²) in [5.74, 6) is 0. The number of rotatable bonds is 5. The molecular formula is C121H93O5P5Si2. The van der Waals surface area contributed by atoms with E-state index in [1.807, 2.05) is 243 Å². The Kier molecular flexibility index (Phi) is 20.2. The summed E-state index contributed by atoms with van der Waals surface area (Å²) in [5, 5.41) is 21.4. The van der Waals surface area contributed by atoms with Crippen LogP contribution in [0.3, 0.4) is 0 Å². The Hall–Kier alpha value is -13.2. The van der Waals surface area contributed by atoms with E-state index in [2.05, 4.69) is 252 Å². The Morgan fingerprint density at radius 2 is 0.474 bits per heavy atom. The van der Waals surface area contributed by atoms with Crippen LogP contribution in [0.5, 0.6) is 0 Å². The molecule has 5 unspecified atom stereocenters. The molecule has 0 aromatic heterocycles. The van der Waals surface area contributed by atoms with Gasteiger partial charge < -0.3 is 22.8 Å². The fourth-order valence-electron chi connectivity index (χ4n) is 23.2. The number of fused-ring (bicyclic) bond motifs is 26. The van der Waals surface area contributed by atoms with Gasteiger partial charge in [-0.25, -0.2) is 0 Å². The Bertz CT molecular complexity index is 8110. The van der Waals surface area contributed by atoms with Crippen LogP contribution < -0.4 is 84.6 Å². The van der Waals surface area contributed by atoms with E-state index in [1.54, 1.807) is 0 Å². The molecule has 0 spiro atoms. The molecule has 0 N–H and O–H groups in total. The average Bonchev–Trinajstić information content (AvgIpc) is 1.54. The topological polar surface area (TPSA) is 85.3 Å². The maximum Gasteiger partial charge on any atom is 0.172 e. The third-order valence-corrected chi connectivity index (χ3v) is 51.9. The molecule has 0 radical (unpaired) electrons. The lowest BCUT2D eigenvalue weighted by Crippen LogP contribution is -2.42. The smallest absolute Gasteiger partial charge is 0.172 e. The molecule has 5 nitrogen and oxygen atoms in total. The van der Waals surface area contributed by atoms with Gasteiger partial charge >= 0.3 is 0 Å². The number of allylic oxidation sites excluding steroid dienone is 1. The highest BCUT2D eigenvalue weighted by molar-refractivity contribution is 7.90. The van der Waals surface area contributed by atoms with Crippen molar-refractivity contribution in [2.45, 2.75) is 45.5 Å². The van der Waals surface area contributed by atoms with Gasteiger partial charge in [-0.2, -0.15) is 0 Å². The van der Waals surface area contributed by atoms with Crippen LogP contribution in [0.15, 0.2) is 455 Å². The predicted molar refractivity (Wildman–Crippen MR) is 571 cm³/mol. The van der Waals surface area contributed by atoms with Crippen molar-refractivity contribution in [1.29, 1.82) is 0 Å². The van der Waals surface area contributed by atoms with Gasteiger partial charge in [0.15, 0.2) is 35.7 Å². The molecule has 12 heteroatoms. The molecule has 0 amide bonds. The van der Waals surface area contributed by atoms with E-state index < -0.39 is 51.9 Å². The SMILES string of the molecule is CC1(C)C2=C(c3ccccc31)c1ccccc1P(=O)(c1ccccc1)c1ccccc12.C[Si]1(C)C2=C(c3ccccc31)c1c(ccc3ccccc13)P(=O)(c1ccccc1)c1ccccc12.C[Si]1(C)C2=C(c3ccccc31)c1ccccc1P(=O)(c1ccccc1)c1ccccc12.O=P1(c2ccccc2)C2=C(c3ccccc31)c1ccccc1P(=O)(c1ccccc1)c1ccccc12. The molecule has 7 heterocycles. The minimum absolute atomic E-state index is 0.180. The van der Waals surface area contributed by atoms with Crippen molar-refractivity contribution >= 4 is 191 Å². The van der Waals surface area contributed by atoms with Crippen molar-refractivity contribution in [3.05, 3.63) is 527 Å². The molecule has 0 bridgehead atoms. The van der Waals surface area contributed by atoms with Crippen molar-refractivity contribution in [3.63, 3.8) is 0 Å². The van der Waals surface area contributed by atoms with Crippen molar-refractivity contribution in [2.24, 2.45) is 0 Å². The molecule has 26 rings (SSSR count). The van der Waals surface area contributed by atoms with E-state index in [0.717, 1.165) is 124 Å². The first-order valence-electron chi connectivity index (χ1n) is 45.7. The standard InChI is InChI=1S/C32H22O2P2.C32H25OPSi.C29H23OP.C28H23OPSi/c33-35(23-13-3-1-4-14-23)28-20-10-7-17-25(28)31-26-18-8-11-21-29(26)36(34,24-15-5-2-6-16-24)32(31)27-19-9-12-22-30(27)35;1-35(2)29-19-11-9-17-26(29)31-30-24-15-7-6-12-22(24)20-21-28(30)34(33,23-13-4-3-5-14-23)27-18-10-8-16-25(27)32(31)35;1-29(2)24-17-9-6-14-21(24)27-22-15-7-10-18-25(22)31(30,20-12-4-3-5-13-20)26-19-11-8-16-23(26)28(27)29;1-31(2)26-19-11-8-16-23(26)27-21-14-6-9-17-24(21)30(29,20-12-4-3-5-13-20)25-18-10-7-15-22(25)28(27)31/h1-22H;3-21H,1-2H3;2*3-19H,1-2H3. The van der Waals surface area contributed by atoms with Crippen LogP contribution in [-0.4, -0.2) is 16.1 Å². The molecule has 18 aromatic rings. The Morgan fingerprint density at radius 3 is 0.902 bits per heavy atom. The van der Waals surface area contributed by atoms with Crippen LogP contribution in [0, 0.1) is 0 Å². The molecule has 640 valence electrons. The third kappa shape index (κ3) is 12.4. The van der Waals surface area contributed by atoms with Gasteiger partial charge in [-0.15, -0.1) is 0 Å². The maximum atomic E-state index is 15.7. The average molecular weight is 1840 g/mol. The van der Waals surface area contributed by atoms with Gasteiger partial charge in [-0.1, -0.05) is 489 Å². The van der Waals surface area contributed by atoms with Crippen LogP contribution in [-0.2, 0) is 28.2 Å². The van der Waals surface area contributed by atoms with Crippen molar-refractivity contribution in [2.75, 3.05) is 0 Å². The highest BCUT2D eigenvalue weighted by atomic mass is 31.2. The predicted octanol–water partition coefficient (Wildman–Crippen LogP) is 23.1. The van der Waals surface area contributed by atoms with E-state index >= 15 is 22.8 Å². The van der Waals surface area contributed by atoms with E-state index in [4.69, 9.17) is 0 Å². The second kappa shape index (κ2) is 32.0. The summed E-state index contributed by atoms with van der Waals surface area (Å²) in [7, 11) is -19.8. The Morgan fingerprint density at radius 1 is 0.203 bits per heavy atom. The number of benzene rings is 18. The van der Waals surface area contributed by atoms with E-state index in [-0.39, 0.29) is 5.41 Å². The first-order chi connectivity index (χ1) is 64.8. The number of hydrogen-bond acceptors (Lipinski definition) is 5. The third-order valence-electron chi connectivity index (χ3n) is 29.0. The zero-order valence-electron chi connectivity index (χ0n) is 74.6. The van der Waals surface area contributed by atoms with Crippen LogP contribution in [0.1, 0.15) is 86.2 Å². The van der Waals surface area contributed by atoms with E-state index in [9.17, 15) is 0 Å². The summed E-state index contributed by atoms with van der Waals surface area (Å²) in [4.78, 5) is 0. The molecule has 5 atom stereocenters. The van der Waals surface area contributed by atoms with Gasteiger partial charge in [-0.3, -0.25) is 0 Å². The van der Waals surface area contributed by atoms with Crippen molar-refractivity contribution in [1.82, 2.24) is 0 Å². The molecule has 8 aliphatic rings. The minimum Gasteiger partial charge on any atom is -0.309 e. The zero-order chi connectivity index (χ0) is 90.5. The first kappa shape index (κ1) is 84.1. The lowest BCUT2D eigenvalue weighted by Gasteiger charge is -2.28. The molecule has 133 heavy (non-hydrogen) atoms. The quantitative estimate of drug-likeness (QED) is 0.127. The maximum absolute atomic E-state index is 15.7. The van der Waals surface area contributed by atoms with Gasteiger partial charge in [0.2, 0.25) is 0 Å². The van der Waals surface area contributed by atoms with Crippen LogP contribution in [0.4, 0.5) is 0 Å². The van der Waals surface area contributed by atoms with Gasteiger partial charge in [0, 0.05) is 96.1 Å². The molecule has 7 aliphatic heterocycles. The summed E-state index contributed by atoms with van der Waals surface area (Å²) < 4.78 is 77.2. The summed E-state index contributed by atoms with van der Waals surface area (Å²) in [6.45, 7) is 14.4. The van der Waals surface area contributed by atoms with Crippen LogP contribution in [0.25, 0.3) is 54.3 Å². The van der Waals surface area contributed by atoms with Crippen molar-refractivity contribution < 1.29 is 22.8 Å². The van der Waals surface area contributed by atoms with Gasteiger partial charge in [-0.05, 0) is 127 Å². The highest BCUT2D eigenvalue weighted by Gasteiger charge is 2.54. The largest absolute Gasteiger partial charge is 0.309 e. The lowest BCUT2D eigenvalue weighted by molar-refractivity contribution is 0.591. The minimum atomic E-state index is -3.27. The molecule has 0 saturated carbocycles. The van der Waals surface area contributed by atoms with Gasteiger partial charge in [0.1, 0.15) is 16.1 Å². The molecule has 0 saturated heterocycles. The number of hydrogen-bond donors (Lipinski definition) is 0. The zero-order valence-corrected chi connectivity index (χ0v) is 81.1. The lowest BCUT2D eigenvalue weighted by atomic mass is 9.78. The van der Waals surface area contributed by atoms with Crippen molar-refractivity contribution in [3.8, 4) is 0 Å². The van der Waals surface area contributed by atoms with E-state index in [1.165, 1.54) is 87.2 Å². The van der Waals surface area contributed by atoms with Gasteiger partial charge in [0.25, 0.3) is 0 Å².